The van der Waals surface area contributed by atoms with Gasteiger partial charge in [0.2, 0.25) is 5.95 Å². The van der Waals surface area contributed by atoms with Gasteiger partial charge in [-0.3, -0.25) is 0 Å². The van der Waals surface area contributed by atoms with Crippen molar-refractivity contribution in [1.29, 1.82) is 0 Å². The summed E-state index contributed by atoms with van der Waals surface area (Å²) in [5.41, 5.74) is 0. The van der Waals surface area contributed by atoms with Gasteiger partial charge in [0, 0.05) is 38.1 Å². The van der Waals surface area contributed by atoms with E-state index in [4.69, 9.17) is 0 Å². The summed E-state index contributed by atoms with van der Waals surface area (Å²) in [7, 11) is 2.17. The molecular weight excluding hydrogens is 188 g/mol. The Bertz CT molecular complexity index is 301. The fraction of sp³-hybridized carbons (Fsp3) is 0.636. The van der Waals surface area contributed by atoms with E-state index >= 15 is 0 Å². The molecule has 0 spiro atoms. The lowest BCUT2D eigenvalue weighted by molar-refractivity contribution is 0.261. The summed E-state index contributed by atoms with van der Waals surface area (Å²) in [5.74, 6) is 0.873. The molecule has 0 radical (unpaired) electrons. The van der Waals surface area contributed by atoms with Crippen molar-refractivity contribution in [2.75, 3.05) is 31.6 Å². The van der Waals surface area contributed by atoms with Gasteiger partial charge in [-0.05, 0) is 19.5 Å². The van der Waals surface area contributed by atoms with Gasteiger partial charge in [-0.2, -0.15) is 0 Å². The smallest absolute Gasteiger partial charge is 0.225 e. The van der Waals surface area contributed by atoms with Gasteiger partial charge in [-0.25, -0.2) is 9.97 Å². The van der Waals surface area contributed by atoms with Gasteiger partial charge in [0.25, 0.3) is 0 Å². The molecule has 82 valence electrons. The minimum atomic E-state index is 0.547. The molecule has 1 aromatic heterocycles. The predicted molar refractivity (Wildman–Crippen MR) is 61.0 cm³/mol. The number of rotatable bonds is 2. The first kappa shape index (κ1) is 10.4. The zero-order chi connectivity index (χ0) is 10.7. The minimum absolute atomic E-state index is 0.547. The second kappa shape index (κ2) is 4.57. The Morgan fingerprint density at radius 1 is 1.33 bits per heavy atom. The Balaban J connectivity index is 2.14. The Morgan fingerprint density at radius 3 is 2.73 bits per heavy atom. The SMILES string of the molecule is CCC1CN(C)CCN1c1ncccn1. The molecule has 1 aromatic rings. The lowest BCUT2D eigenvalue weighted by Gasteiger charge is -2.39. The van der Waals surface area contributed by atoms with Gasteiger partial charge in [0.1, 0.15) is 0 Å². The molecule has 1 aliphatic rings. The second-order valence-corrected chi connectivity index (χ2v) is 4.07. The van der Waals surface area contributed by atoms with Crippen molar-refractivity contribution >= 4 is 5.95 Å². The third-order valence-electron chi connectivity index (χ3n) is 2.97. The Labute approximate surface area is 90.9 Å². The van der Waals surface area contributed by atoms with Gasteiger partial charge in [-0.15, -0.1) is 0 Å². The molecule has 1 atom stereocenters. The maximum atomic E-state index is 4.32. The number of likely N-dealkylation sites (N-methyl/N-ethyl adjacent to an activating group) is 1. The van der Waals surface area contributed by atoms with E-state index < -0.39 is 0 Å². The van der Waals surface area contributed by atoms with Crippen LogP contribution in [0.15, 0.2) is 18.5 Å². The normalized spacial score (nSPS) is 23.1. The number of piperazine rings is 1. The van der Waals surface area contributed by atoms with Crippen molar-refractivity contribution in [1.82, 2.24) is 14.9 Å². The van der Waals surface area contributed by atoms with Crippen LogP contribution in [-0.2, 0) is 0 Å². The highest BCUT2D eigenvalue weighted by Gasteiger charge is 2.25. The highest BCUT2D eigenvalue weighted by Crippen LogP contribution is 2.16. The predicted octanol–water partition coefficient (Wildman–Crippen LogP) is 1.01. The zero-order valence-electron chi connectivity index (χ0n) is 9.43. The second-order valence-electron chi connectivity index (χ2n) is 4.07. The average Bonchev–Trinajstić information content (AvgIpc) is 2.30. The maximum Gasteiger partial charge on any atom is 0.225 e. The summed E-state index contributed by atoms with van der Waals surface area (Å²) in [4.78, 5) is 13.3. The van der Waals surface area contributed by atoms with Gasteiger partial charge in [0.05, 0.1) is 0 Å². The molecular formula is C11H18N4. The van der Waals surface area contributed by atoms with Crippen LogP contribution >= 0.6 is 0 Å². The molecule has 0 amide bonds. The number of anilines is 1. The van der Waals surface area contributed by atoms with Crippen LogP contribution in [0.2, 0.25) is 0 Å². The first-order valence-corrected chi connectivity index (χ1v) is 5.53. The average molecular weight is 206 g/mol. The highest BCUT2D eigenvalue weighted by atomic mass is 15.3. The van der Waals surface area contributed by atoms with Crippen molar-refractivity contribution in [3.05, 3.63) is 18.5 Å². The molecule has 2 heterocycles. The fourth-order valence-corrected chi connectivity index (χ4v) is 2.06. The maximum absolute atomic E-state index is 4.32. The summed E-state index contributed by atoms with van der Waals surface area (Å²) < 4.78 is 0. The molecule has 0 N–H and O–H groups in total. The van der Waals surface area contributed by atoms with Crippen molar-refractivity contribution in [3.8, 4) is 0 Å². The van der Waals surface area contributed by atoms with Gasteiger partial charge < -0.3 is 9.80 Å². The van der Waals surface area contributed by atoms with Crippen molar-refractivity contribution in [2.24, 2.45) is 0 Å². The van der Waals surface area contributed by atoms with Gasteiger partial charge in [-0.1, -0.05) is 6.92 Å². The summed E-state index contributed by atoms with van der Waals surface area (Å²) in [6.45, 7) is 5.45. The molecule has 1 saturated heterocycles. The largest absolute Gasteiger partial charge is 0.335 e. The lowest BCUT2D eigenvalue weighted by Crippen LogP contribution is -2.52. The highest BCUT2D eigenvalue weighted by molar-refractivity contribution is 5.31. The van der Waals surface area contributed by atoms with Crippen LogP contribution in [-0.4, -0.2) is 47.6 Å². The molecule has 0 aliphatic carbocycles. The van der Waals surface area contributed by atoms with Crippen LogP contribution < -0.4 is 4.90 Å². The van der Waals surface area contributed by atoms with Crippen LogP contribution in [0.5, 0.6) is 0 Å². The molecule has 0 saturated carbocycles. The molecule has 4 heteroatoms. The molecule has 2 rings (SSSR count). The van der Waals surface area contributed by atoms with E-state index in [1.54, 1.807) is 0 Å². The number of hydrogen-bond donors (Lipinski definition) is 0. The molecule has 4 nitrogen and oxygen atoms in total. The fourth-order valence-electron chi connectivity index (χ4n) is 2.06. The number of hydrogen-bond acceptors (Lipinski definition) is 4. The summed E-state index contributed by atoms with van der Waals surface area (Å²) in [6, 6.07) is 2.41. The van der Waals surface area contributed by atoms with Crippen LogP contribution in [0.4, 0.5) is 5.95 Å². The van der Waals surface area contributed by atoms with Crippen LogP contribution in [0, 0.1) is 0 Å². The van der Waals surface area contributed by atoms with Crippen LogP contribution in [0.1, 0.15) is 13.3 Å². The molecule has 1 fully saturated rings. The Kier molecular flexibility index (Phi) is 3.16. The number of aromatic nitrogens is 2. The first-order valence-electron chi connectivity index (χ1n) is 5.53. The van der Waals surface area contributed by atoms with Crippen LogP contribution in [0.25, 0.3) is 0 Å². The summed E-state index contributed by atoms with van der Waals surface area (Å²) in [5, 5.41) is 0. The summed E-state index contributed by atoms with van der Waals surface area (Å²) in [6.07, 6.45) is 4.77. The third kappa shape index (κ3) is 2.26. The topological polar surface area (TPSA) is 32.3 Å². The van der Waals surface area contributed by atoms with Crippen molar-refractivity contribution in [2.45, 2.75) is 19.4 Å². The third-order valence-corrected chi connectivity index (χ3v) is 2.97. The van der Waals surface area contributed by atoms with E-state index in [9.17, 15) is 0 Å². The van der Waals surface area contributed by atoms with E-state index in [1.807, 2.05) is 18.5 Å². The van der Waals surface area contributed by atoms with E-state index in [0.29, 0.717) is 6.04 Å². The van der Waals surface area contributed by atoms with E-state index in [1.165, 1.54) is 0 Å². The molecule has 0 bridgehead atoms. The van der Waals surface area contributed by atoms with Crippen molar-refractivity contribution < 1.29 is 0 Å². The molecule has 1 aliphatic heterocycles. The van der Waals surface area contributed by atoms with Crippen LogP contribution in [0.3, 0.4) is 0 Å². The zero-order valence-corrected chi connectivity index (χ0v) is 9.43. The Hall–Kier alpha value is -1.16. The quantitative estimate of drug-likeness (QED) is 0.723. The summed E-state index contributed by atoms with van der Waals surface area (Å²) >= 11 is 0. The Morgan fingerprint density at radius 2 is 2.07 bits per heavy atom. The number of nitrogens with zero attached hydrogens (tertiary/aromatic N) is 4. The minimum Gasteiger partial charge on any atom is -0.335 e. The molecule has 0 aromatic carbocycles. The lowest BCUT2D eigenvalue weighted by atomic mass is 10.1. The van der Waals surface area contributed by atoms with Crippen molar-refractivity contribution in [3.63, 3.8) is 0 Å². The van der Waals surface area contributed by atoms with Gasteiger partial charge in [0.15, 0.2) is 0 Å². The first-order chi connectivity index (χ1) is 7.31. The standard InChI is InChI=1S/C11H18N4/c1-3-10-9-14(2)7-8-15(10)11-12-5-4-6-13-11/h4-6,10H,3,7-9H2,1-2H3. The van der Waals surface area contributed by atoms with E-state index in [-0.39, 0.29) is 0 Å². The monoisotopic (exact) mass is 206 g/mol. The van der Waals surface area contributed by atoms with E-state index in [0.717, 1.165) is 32.0 Å². The van der Waals surface area contributed by atoms with E-state index in [2.05, 4.69) is 33.7 Å². The van der Waals surface area contributed by atoms with Gasteiger partial charge >= 0.3 is 0 Å². The molecule has 15 heavy (non-hydrogen) atoms. The molecule has 1 unspecified atom stereocenters.